The lowest BCUT2D eigenvalue weighted by Crippen LogP contribution is -1.94. The van der Waals surface area contributed by atoms with Gasteiger partial charge in [0.05, 0.1) is 14.2 Å². The Morgan fingerprint density at radius 1 is 0.667 bits per heavy atom. The minimum Gasteiger partial charge on any atom is -0.507 e. The highest BCUT2D eigenvalue weighted by molar-refractivity contribution is 6.07. The molecular formula is C24H20O3. The largest absolute Gasteiger partial charge is 0.507 e. The normalized spacial score (nSPS) is 10.7. The SMILES string of the molecule is COc1ccc2c(-c3ccccc3)c(O)c(-c3ccccc3)cc2c1OC. The van der Waals surface area contributed by atoms with E-state index in [4.69, 9.17) is 9.47 Å². The molecule has 0 aliphatic carbocycles. The number of phenols is 1. The van der Waals surface area contributed by atoms with Gasteiger partial charge in [-0.3, -0.25) is 0 Å². The summed E-state index contributed by atoms with van der Waals surface area (Å²) in [6, 6.07) is 25.6. The molecule has 0 radical (unpaired) electrons. The zero-order chi connectivity index (χ0) is 18.8. The van der Waals surface area contributed by atoms with Crippen LogP contribution in [0.5, 0.6) is 17.2 Å². The van der Waals surface area contributed by atoms with Crippen molar-refractivity contribution in [3.8, 4) is 39.5 Å². The Balaban J connectivity index is 2.15. The van der Waals surface area contributed by atoms with Gasteiger partial charge in [0.1, 0.15) is 5.75 Å². The lowest BCUT2D eigenvalue weighted by Gasteiger charge is -2.18. The molecule has 4 aromatic carbocycles. The van der Waals surface area contributed by atoms with E-state index in [1.807, 2.05) is 78.9 Å². The summed E-state index contributed by atoms with van der Waals surface area (Å²) in [5.41, 5.74) is 3.44. The number of phenolic OH excluding ortho intramolecular Hbond substituents is 1. The third kappa shape index (κ3) is 2.87. The molecule has 4 rings (SSSR count). The predicted octanol–water partition coefficient (Wildman–Crippen LogP) is 5.90. The van der Waals surface area contributed by atoms with E-state index in [9.17, 15) is 5.11 Å². The number of ether oxygens (including phenoxy) is 2. The third-order valence-electron chi connectivity index (χ3n) is 4.78. The maximum Gasteiger partial charge on any atom is 0.168 e. The average Bonchev–Trinajstić information content (AvgIpc) is 2.73. The first-order valence-corrected chi connectivity index (χ1v) is 8.76. The van der Waals surface area contributed by atoms with E-state index in [2.05, 4.69) is 0 Å². The van der Waals surface area contributed by atoms with Gasteiger partial charge in [-0.15, -0.1) is 0 Å². The van der Waals surface area contributed by atoms with Crippen LogP contribution in [0.2, 0.25) is 0 Å². The van der Waals surface area contributed by atoms with Crippen molar-refractivity contribution < 1.29 is 14.6 Å². The van der Waals surface area contributed by atoms with Crippen molar-refractivity contribution in [2.75, 3.05) is 14.2 Å². The molecule has 4 aromatic rings. The van der Waals surface area contributed by atoms with Crippen molar-refractivity contribution in [3.05, 3.63) is 78.9 Å². The van der Waals surface area contributed by atoms with E-state index < -0.39 is 0 Å². The molecule has 0 saturated heterocycles. The van der Waals surface area contributed by atoms with Gasteiger partial charge in [0.25, 0.3) is 0 Å². The molecule has 0 saturated carbocycles. The summed E-state index contributed by atoms with van der Waals surface area (Å²) in [5.74, 6) is 1.57. The number of hydrogen-bond donors (Lipinski definition) is 1. The monoisotopic (exact) mass is 356 g/mol. The van der Waals surface area contributed by atoms with E-state index >= 15 is 0 Å². The van der Waals surface area contributed by atoms with E-state index in [0.717, 1.165) is 33.0 Å². The molecule has 134 valence electrons. The van der Waals surface area contributed by atoms with Gasteiger partial charge in [-0.2, -0.15) is 0 Å². The van der Waals surface area contributed by atoms with Gasteiger partial charge in [0.2, 0.25) is 0 Å². The van der Waals surface area contributed by atoms with E-state index in [1.165, 1.54) is 0 Å². The van der Waals surface area contributed by atoms with Crippen LogP contribution in [0.25, 0.3) is 33.0 Å². The molecule has 1 N–H and O–H groups in total. The molecule has 0 atom stereocenters. The Bertz CT molecular complexity index is 1090. The van der Waals surface area contributed by atoms with E-state index in [0.29, 0.717) is 11.5 Å². The molecule has 0 aliphatic heterocycles. The van der Waals surface area contributed by atoms with Crippen LogP contribution in [0.3, 0.4) is 0 Å². The molecule has 3 nitrogen and oxygen atoms in total. The van der Waals surface area contributed by atoms with Gasteiger partial charge in [0.15, 0.2) is 11.5 Å². The van der Waals surface area contributed by atoms with Crippen LogP contribution < -0.4 is 9.47 Å². The Hall–Kier alpha value is -3.46. The highest BCUT2D eigenvalue weighted by Crippen LogP contribution is 2.47. The van der Waals surface area contributed by atoms with Crippen molar-refractivity contribution in [2.45, 2.75) is 0 Å². The predicted molar refractivity (Wildman–Crippen MR) is 110 cm³/mol. The van der Waals surface area contributed by atoms with E-state index in [1.54, 1.807) is 14.2 Å². The summed E-state index contributed by atoms with van der Waals surface area (Å²) in [6.07, 6.45) is 0. The van der Waals surface area contributed by atoms with Gasteiger partial charge < -0.3 is 14.6 Å². The zero-order valence-corrected chi connectivity index (χ0v) is 15.3. The molecule has 0 amide bonds. The van der Waals surface area contributed by atoms with Gasteiger partial charge in [-0.25, -0.2) is 0 Å². The first kappa shape index (κ1) is 17.0. The minimum atomic E-state index is 0.257. The topological polar surface area (TPSA) is 38.7 Å². The Morgan fingerprint density at radius 3 is 1.89 bits per heavy atom. The first-order valence-electron chi connectivity index (χ1n) is 8.76. The highest BCUT2D eigenvalue weighted by atomic mass is 16.5. The summed E-state index contributed by atoms with van der Waals surface area (Å²) >= 11 is 0. The zero-order valence-electron chi connectivity index (χ0n) is 15.3. The molecule has 0 fully saturated rings. The fourth-order valence-electron chi connectivity index (χ4n) is 3.52. The molecule has 27 heavy (non-hydrogen) atoms. The highest BCUT2D eigenvalue weighted by Gasteiger charge is 2.19. The number of benzene rings is 4. The fraction of sp³-hybridized carbons (Fsp3) is 0.0833. The van der Waals surface area contributed by atoms with Crippen LogP contribution in [0.15, 0.2) is 78.9 Å². The van der Waals surface area contributed by atoms with Crippen LogP contribution in [-0.2, 0) is 0 Å². The van der Waals surface area contributed by atoms with Crippen molar-refractivity contribution in [1.29, 1.82) is 0 Å². The Morgan fingerprint density at radius 2 is 1.30 bits per heavy atom. The quantitative estimate of drug-likeness (QED) is 0.495. The van der Waals surface area contributed by atoms with Crippen LogP contribution in [0.4, 0.5) is 0 Å². The number of hydrogen-bond acceptors (Lipinski definition) is 3. The maximum absolute atomic E-state index is 11.2. The molecule has 0 aromatic heterocycles. The molecular weight excluding hydrogens is 336 g/mol. The summed E-state index contributed by atoms with van der Waals surface area (Å²) in [6.45, 7) is 0. The van der Waals surface area contributed by atoms with Gasteiger partial charge >= 0.3 is 0 Å². The second kappa shape index (κ2) is 7.04. The molecule has 0 heterocycles. The lowest BCUT2D eigenvalue weighted by molar-refractivity contribution is 0.358. The molecule has 3 heteroatoms. The van der Waals surface area contributed by atoms with Crippen LogP contribution in [0, 0.1) is 0 Å². The Labute approximate surface area is 158 Å². The van der Waals surface area contributed by atoms with Crippen molar-refractivity contribution in [2.24, 2.45) is 0 Å². The van der Waals surface area contributed by atoms with Gasteiger partial charge in [0, 0.05) is 16.5 Å². The molecule has 0 bridgehead atoms. The second-order valence-corrected chi connectivity index (χ2v) is 6.28. The van der Waals surface area contributed by atoms with Gasteiger partial charge in [-0.05, 0) is 34.7 Å². The molecule has 0 spiro atoms. The minimum absolute atomic E-state index is 0.257. The maximum atomic E-state index is 11.2. The number of methoxy groups -OCH3 is 2. The molecule has 0 aliphatic rings. The summed E-state index contributed by atoms with van der Waals surface area (Å²) < 4.78 is 11.1. The first-order chi connectivity index (χ1) is 13.2. The third-order valence-corrected chi connectivity index (χ3v) is 4.78. The van der Waals surface area contributed by atoms with Crippen LogP contribution in [-0.4, -0.2) is 19.3 Å². The standard InChI is InChI=1S/C24H20O3/c1-26-21-14-13-18-20(24(21)27-2)15-19(16-9-5-3-6-10-16)23(25)22(18)17-11-7-4-8-12-17/h3-15,25H,1-2H3. The summed E-state index contributed by atoms with van der Waals surface area (Å²) in [5, 5.41) is 13.0. The van der Waals surface area contributed by atoms with Crippen molar-refractivity contribution in [3.63, 3.8) is 0 Å². The number of fused-ring (bicyclic) bond motifs is 1. The molecule has 0 unspecified atom stereocenters. The fourth-order valence-corrected chi connectivity index (χ4v) is 3.52. The van der Waals surface area contributed by atoms with Crippen molar-refractivity contribution in [1.82, 2.24) is 0 Å². The van der Waals surface area contributed by atoms with Gasteiger partial charge in [-0.1, -0.05) is 60.7 Å². The average molecular weight is 356 g/mol. The summed E-state index contributed by atoms with van der Waals surface area (Å²) in [4.78, 5) is 0. The van der Waals surface area contributed by atoms with Crippen molar-refractivity contribution >= 4 is 10.8 Å². The summed E-state index contributed by atoms with van der Waals surface area (Å²) in [7, 11) is 3.26. The van der Waals surface area contributed by atoms with Crippen LogP contribution in [0.1, 0.15) is 0 Å². The van der Waals surface area contributed by atoms with Crippen LogP contribution >= 0.6 is 0 Å². The number of aromatic hydroxyl groups is 1. The second-order valence-electron chi connectivity index (χ2n) is 6.28. The Kier molecular flexibility index (Phi) is 4.43. The lowest BCUT2D eigenvalue weighted by atomic mass is 9.91. The van der Waals surface area contributed by atoms with E-state index in [-0.39, 0.29) is 5.75 Å². The smallest absolute Gasteiger partial charge is 0.168 e. The number of rotatable bonds is 4.